The minimum atomic E-state index is -0.284. The second-order valence-corrected chi connectivity index (χ2v) is 7.33. The summed E-state index contributed by atoms with van der Waals surface area (Å²) in [4.78, 5) is 24.5. The maximum Gasteiger partial charge on any atom is 0.269 e. The molecule has 2 rings (SSSR count). The lowest BCUT2D eigenvalue weighted by Gasteiger charge is -2.10. The molecule has 2 unspecified atom stereocenters. The van der Waals surface area contributed by atoms with E-state index >= 15 is 0 Å². The van der Waals surface area contributed by atoms with Gasteiger partial charge in [-0.2, -0.15) is 0 Å². The van der Waals surface area contributed by atoms with Gasteiger partial charge in [0.1, 0.15) is 0 Å². The molecule has 0 radical (unpaired) electrons. The Morgan fingerprint density at radius 3 is 2.35 bits per heavy atom. The average molecular weight is 314 g/mol. The smallest absolute Gasteiger partial charge is 0.269 e. The summed E-state index contributed by atoms with van der Waals surface area (Å²) >= 11 is 0. The van der Waals surface area contributed by atoms with Crippen molar-refractivity contribution in [2.45, 2.75) is 41.5 Å². The topological polar surface area (TPSA) is 58.2 Å². The van der Waals surface area contributed by atoms with Crippen LogP contribution in [-0.4, -0.2) is 11.8 Å². The van der Waals surface area contributed by atoms with Crippen LogP contribution >= 0.6 is 0 Å². The van der Waals surface area contributed by atoms with Crippen molar-refractivity contribution in [2.75, 3.05) is 0 Å². The summed E-state index contributed by atoms with van der Waals surface area (Å²) in [5, 5.41) is 0. The fraction of sp³-hybridized carbons (Fsp3) is 0.474. The summed E-state index contributed by atoms with van der Waals surface area (Å²) in [7, 11) is 0. The number of nitrogens with one attached hydrogen (secondary N) is 2. The molecule has 0 spiro atoms. The molecule has 4 nitrogen and oxygen atoms in total. The number of carbonyl (C=O) groups is 2. The predicted molar refractivity (Wildman–Crippen MR) is 91.7 cm³/mol. The Labute approximate surface area is 138 Å². The summed E-state index contributed by atoms with van der Waals surface area (Å²) in [6, 6.07) is 5.61. The highest BCUT2D eigenvalue weighted by Crippen LogP contribution is 2.59. The van der Waals surface area contributed by atoms with Gasteiger partial charge in [0.05, 0.1) is 5.92 Å². The molecule has 2 N–H and O–H groups in total. The zero-order valence-corrected chi connectivity index (χ0v) is 14.8. The van der Waals surface area contributed by atoms with Crippen LogP contribution in [0.3, 0.4) is 0 Å². The molecule has 1 saturated carbocycles. The fourth-order valence-corrected chi connectivity index (χ4v) is 3.18. The Morgan fingerprint density at radius 1 is 1.13 bits per heavy atom. The molecule has 1 aromatic rings. The van der Waals surface area contributed by atoms with E-state index in [0.717, 1.165) is 11.1 Å². The van der Waals surface area contributed by atoms with Gasteiger partial charge in [-0.25, -0.2) is 0 Å². The maximum absolute atomic E-state index is 12.3. The molecular weight excluding hydrogens is 288 g/mol. The molecule has 1 aliphatic rings. The third-order valence-electron chi connectivity index (χ3n) is 4.63. The molecule has 1 aliphatic carbocycles. The SMILES string of the molecule is CC(C)=CC1C(C(=O)NNC(=O)c2ccc(C)cc2C)C1(C)C. The fourth-order valence-electron chi connectivity index (χ4n) is 3.18. The lowest BCUT2D eigenvalue weighted by molar-refractivity contribution is -0.123. The van der Waals surface area contributed by atoms with Gasteiger partial charge in [0.15, 0.2) is 0 Å². The molecule has 0 bridgehead atoms. The number of aryl methyl sites for hydroxylation is 2. The third-order valence-corrected chi connectivity index (χ3v) is 4.63. The van der Waals surface area contributed by atoms with Gasteiger partial charge in [-0.3, -0.25) is 20.4 Å². The Hall–Kier alpha value is -2.10. The second-order valence-electron chi connectivity index (χ2n) is 7.33. The number of hydrogen-bond acceptors (Lipinski definition) is 2. The largest absolute Gasteiger partial charge is 0.273 e. The first-order chi connectivity index (χ1) is 10.6. The van der Waals surface area contributed by atoms with Crippen molar-refractivity contribution in [1.82, 2.24) is 10.9 Å². The van der Waals surface area contributed by atoms with Gasteiger partial charge in [0, 0.05) is 5.56 Å². The number of hydrogen-bond donors (Lipinski definition) is 2. The van der Waals surface area contributed by atoms with E-state index in [1.807, 2.05) is 39.8 Å². The number of carbonyl (C=O) groups excluding carboxylic acids is 2. The normalized spacial score (nSPS) is 21.3. The van der Waals surface area contributed by atoms with Gasteiger partial charge in [-0.15, -0.1) is 0 Å². The van der Waals surface area contributed by atoms with Gasteiger partial charge >= 0.3 is 0 Å². The van der Waals surface area contributed by atoms with Crippen molar-refractivity contribution in [3.8, 4) is 0 Å². The van der Waals surface area contributed by atoms with Crippen LogP contribution in [-0.2, 0) is 4.79 Å². The zero-order chi connectivity index (χ0) is 17.4. The Bertz CT molecular complexity index is 670. The second kappa shape index (κ2) is 6.19. The molecule has 0 heterocycles. The Morgan fingerprint density at radius 2 is 1.78 bits per heavy atom. The molecule has 4 heteroatoms. The highest BCUT2D eigenvalue weighted by molar-refractivity contribution is 5.97. The third kappa shape index (κ3) is 3.63. The van der Waals surface area contributed by atoms with Crippen LogP contribution in [0.15, 0.2) is 29.8 Å². The number of hydrazine groups is 1. The summed E-state index contributed by atoms with van der Waals surface area (Å²) in [5.74, 6) is -0.286. The van der Waals surface area contributed by atoms with E-state index in [0.29, 0.717) is 5.56 Å². The number of allylic oxidation sites excluding steroid dienone is 2. The summed E-state index contributed by atoms with van der Waals surface area (Å²) in [5.41, 5.74) is 8.83. The average Bonchev–Trinajstić information content (AvgIpc) is 2.96. The van der Waals surface area contributed by atoms with Gasteiger partial charge < -0.3 is 0 Å². The van der Waals surface area contributed by atoms with E-state index in [1.54, 1.807) is 6.07 Å². The number of amides is 2. The maximum atomic E-state index is 12.3. The van der Waals surface area contributed by atoms with E-state index in [2.05, 4.69) is 30.8 Å². The van der Waals surface area contributed by atoms with Crippen LogP contribution in [0.2, 0.25) is 0 Å². The lowest BCUT2D eigenvalue weighted by Crippen LogP contribution is -2.43. The minimum Gasteiger partial charge on any atom is -0.273 e. The minimum absolute atomic E-state index is 0.0636. The van der Waals surface area contributed by atoms with Crippen LogP contribution in [0.25, 0.3) is 0 Å². The first-order valence-electron chi connectivity index (χ1n) is 7.97. The first-order valence-corrected chi connectivity index (χ1v) is 7.97. The van der Waals surface area contributed by atoms with E-state index in [-0.39, 0.29) is 29.1 Å². The highest BCUT2D eigenvalue weighted by Gasteiger charge is 2.60. The van der Waals surface area contributed by atoms with Crippen LogP contribution in [0.5, 0.6) is 0 Å². The van der Waals surface area contributed by atoms with Crippen LogP contribution < -0.4 is 10.9 Å². The van der Waals surface area contributed by atoms with E-state index in [9.17, 15) is 9.59 Å². The van der Waals surface area contributed by atoms with Gasteiger partial charge in [0.25, 0.3) is 5.91 Å². The predicted octanol–water partition coefficient (Wildman–Crippen LogP) is 3.30. The molecule has 1 aromatic carbocycles. The summed E-state index contributed by atoms with van der Waals surface area (Å²) in [6.07, 6.45) is 2.14. The van der Waals surface area contributed by atoms with Crippen molar-refractivity contribution in [3.05, 3.63) is 46.5 Å². The number of benzene rings is 1. The van der Waals surface area contributed by atoms with E-state index in [4.69, 9.17) is 0 Å². The number of rotatable bonds is 3. The quantitative estimate of drug-likeness (QED) is 0.664. The molecule has 0 saturated heterocycles. The highest BCUT2D eigenvalue weighted by atomic mass is 16.2. The molecule has 1 fully saturated rings. The van der Waals surface area contributed by atoms with Crippen LogP contribution in [0, 0.1) is 31.1 Å². The van der Waals surface area contributed by atoms with E-state index < -0.39 is 0 Å². The van der Waals surface area contributed by atoms with Crippen molar-refractivity contribution in [3.63, 3.8) is 0 Å². The first kappa shape index (κ1) is 17.3. The monoisotopic (exact) mass is 314 g/mol. The Balaban J connectivity index is 1.97. The van der Waals surface area contributed by atoms with Crippen molar-refractivity contribution in [2.24, 2.45) is 17.3 Å². The standard InChI is InChI=1S/C19H26N2O2/c1-11(2)9-15-16(19(15,5)6)18(23)21-20-17(22)14-8-7-12(3)10-13(14)4/h7-10,15-16H,1-6H3,(H,20,22)(H,21,23). The summed E-state index contributed by atoms with van der Waals surface area (Å²) in [6.45, 7) is 12.1. The van der Waals surface area contributed by atoms with Crippen molar-refractivity contribution < 1.29 is 9.59 Å². The molecule has 124 valence electrons. The molecule has 0 aromatic heterocycles. The van der Waals surface area contributed by atoms with Crippen LogP contribution in [0.1, 0.15) is 49.2 Å². The van der Waals surface area contributed by atoms with Crippen molar-refractivity contribution in [1.29, 1.82) is 0 Å². The van der Waals surface area contributed by atoms with Gasteiger partial charge in [0.2, 0.25) is 5.91 Å². The van der Waals surface area contributed by atoms with Gasteiger partial charge in [-0.05, 0) is 50.7 Å². The Kier molecular flexibility index (Phi) is 4.64. The lowest BCUT2D eigenvalue weighted by atomic mass is 10.1. The molecule has 2 amide bonds. The molecule has 0 aliphatic heterocycles. The summed E-state index contributed by atoms with van der Waals surface area (Å²) < 4.78 is 0. The van der Waals surface area contributed by atoms with E-state index in [1.165, 1.54) is 5.57 Å². The molecular formula is C19H26N2O2. The molecule has 2 atom stereocenters. The molecule has 23 heavy (non-hydrogen) atoms. The van der Waals surface area contributed by atoms with Crippen molar-refractivity contribution >= 4 is 11.8 Å². The van der Waals surface area contributed by atoms with Crippen LogP contribution in [0.4, 0.5) is 0 Å². The van der Waals surface area contributed by atoms with Gasteiger partial charge in [-0.1, -0.05) is 43.2 Å². The zero-order valence-electron chi connectivity index (χ0n) is 14.8.